The molecule has 0 radical (unpaired) electrons. The zero-order valence-corrected chi connectivity index (χ0v) is 13.6. The molecule has 2 fully saturated rings. The first-order valence-corrected chi connectivity index (χ1v) is 7.86. The van der Waals surface area contributed by atoms with Gasteiger partial charge in [0.1, 0.15) is 5.41 Å². The molecule has 5 heteroatoms. The molecule has 2 atom stereocenters. The first-order valence-electron chi connectivity index (χ1n) is 7.86. The van der Waals surface area contributed by atoms with Crippen molar-refractivity contribution >= 4 is 23.3 Å². The number of fused-ring (bicyclic) bond motifs is 2. The van der Waals surface area contributed by atoms with Crippen molar-refractivity contribution < 1.29 is 19.1 Å². The van der Waals surface area contributed by atoms with Crippen molar-refractivity contribution in [2.75, 3.05) is 12.4 Å². The second kappa shape index (κ2) is 5.18. The minimum absolute atomic E-state index is 0.0601. The summed E-state index contributed by atoms with van der Waals surface area (Å²) in [5.41, 5.74) is -0.292. The second-order valence-corrected chi connectivity index (χ2v) is 7.10. The molecular formula is C18H21NO4. The number of Topliss-reactive ketones (excluding diaryl/α,β-unsaturated/α-hetero) is 1. The zero-order valence-electron chi connectivity index (χ0n) is 13.6. The van der Waals surface area contributed by atoms with Gasteiger partial charge in [-0.2, -0.15) is 0 Å². The maximum Gasteiger partial charge on any atom is 0.337 e. The average molecular weight is 315 g/mol. The van der Waals surface area contributed by atoms with Crippen LogP contribution in [0.4, 0.5) is 5.69 Å². The molecule has 5 nitrogen and oxygen atoms in total. The number of rotatable bonds is 3. The van der Waals surface area contributed by atoms with Crippen LogP contribution in [0.5, 0.6) is 0 Å². The van der Waals surface area contributed by atoms with Gasteiger partial charge in [0.05, 0.1) is 12.7 Å². The summed E-state index contributed by atoms with van der Waals surface area (Å²) >= 11 is 0. The number of carbonyl (C=O) groups is 3. The third kappa shape index (κ3) is 2.26. The summed E-state index contributed by atoms with van der Waals surface area (Å²) in [6, 6.07) is 6.49. The van der Waals surface area contributed by atoms with Gasteiger partial charge in [-0.3, -0.25) is 9.59 Å². The number of esters is 1. The van der Waals surface area contributed by atoms with Gasteiger partial charge in [0, 0.05) is 11.1 Å². The number of hydrogen-bond acceptors (Lipinski definition) is 4. The maximum absolute atomic E-state index is 12.7. The lowest BCUT2D eigenvalue weighted by atomic mass is 9.70. The number of amides is 1. The highest BCUT2D eigenvalue weighted by Gasteiger charge is 2.64. The fraction of sp³-hybridized carbons (Fsp3) is 0.500. The van der Waals surface area contributed by atoms with Gasteiger partial charge < -0.3 is 10.1 Å². The molecular weight excluding hydrogens is 294 g/mol. The molecule has 0 aliphatic heterocycles. The first-order chi connectivity index (χ1) is 10.8. The molecule has 0 spiro atoms. The van der Waals surface area contributed by atoms with Crippen LogP contribution in [0.15, 0.2) is 24.3 Å². The van der Waals surface area contributed by atoms with Crippen molar-refractivity contribution in [1.82, 2.24) is 0 Å². The van der Waals surface area contributed by atoms with Gasteiger partial charge in [-0.05, 0) is 49.4 Å². The molecule has 2 saturated carbocycles. The fourth-order valence-electron chi connectivity index (χ4n) is 4.04. The van der Waals surface area contributed by atoms with Gasteiger partial charge >= 0.3 is 5.97 Å². The minimum atomic E-state index is -0.880. The minimum Gasteiger partial charge on any atom is -0.465 e. The number of methoxy groups -OCH3 is 1. The molecule has 0 aromatic heterocycles. The number of hydrogen-bond donors (Lipinski definition) is 1. The van der Waals surface area contributed by atoms with Crippen LogP contribution < -0.4 is 5.32 Å². The topological polar surface area (TPSA) is 72.5 Å². The summed E-state index contributed by atoms with van der Waals surface area (Å²) < 4.78 is 4.64. The lowest BCUT2D eigenvalue weighted by molar-refractivity contribution is -0.142. The van der Waals surface area contributed by atoms with Crippen LogP contribution >= 0.6 is 0 Å². The Kier molecular flexibility index (Phi) is 3.54. The van der Waals surface area contributed by atoms with Crippen molar-refractivity contribution in [3.63, 3.8) is 0 Å². The van der Waals surface area contributed by atoms with Gasteiger partial charge in [0.25, 0.3) is 0 Å². The van der Waals surface area contributed by atoms with Crippen LogP contribution in [-0.2, 0) is 14.3 Å². The molecule has 3 rings (SSSR count). The molecule has 2 aliphatic rings. The highest BCUT2D eigenvalue weighted by Crippen LogP contribution is 2.60. The van der Waals surface area contributed by atoms with Gasteiger partial charge in [-0.1, -0.05) is 13.8 Å². The van der Waals surface area contributed by atoms with E-state index in [4.69, 9.17) is 0 Å². The lowest BCUT2D eigenvalue weighted by Gasteiger charge is -2.32. The Morgan fingerprint density at radius 2 is 1.87 bits per heavy atom. The van der Waals surface area contributed by atoms with E-state index in [-0.39, 0.29) is 11.7 Å². The summed E-state index contributed by atoms with van der Waals surface area (Å²) in [6.45, 7) is 3.89. The van der Waals surface area contributed by atoms with E-state index in [0.717, 1.165) is 6.42 Å². The first kappa shape index (κ1) is 15.7. The number of benzene rings is 1. The highest BCUT2D eigenvalue weighted by atomic mass is 16.5. The van der Waals surface area contributed by atoms with E-state index in [1.165, 1.54) is 7.11 Å². The molecule has 1 aromatic rings. The van der Waals surface area contributed by atoms with Gasteiger partial charge in [0.2, 0.25) is 5.91 Å². The molecule has 2 bridgehead atoms. The van der Waals surface area contributed by atoms with Crippen LogP contribution in [0, 0.1) is 16.7 Å². The fourth-order valence-corrected chi connectivity index (χ4v) is 4.04. The predicted molar refractivity (Wildman–Crippen MR) is 85.0 cm³/mol. The summed E-state index contributed by atoms with van der Waals surface area (Å²) in [5.74, 6) is -0.290. The third-order valence-electron chi connectivity index (χ3n) is 5.55. The molecule has 122 valence electrons. The van der Waals surface area contributed by atoms with E-state index >= 15 is 0 Å². The van der Waals surface area contributed by atoms with E-state index in [1.807, 2.05) is 13.8 Å². The molecule has 2 aliphatic carbocycles. The molecule has 2 unspecified atom stereocenters. The smallest absolute Gasteiger partial charge is 0.337 e. The number of anilines is 1. The molecule has 1 aromatic carbocycles. The Balaban J connectivity index is 1.78. The van der Waals surface area contributed by atoms with Crippen LogP contribution in [0.25, 0.3) is 0 Å². The predicted octanol–water partition coefficient (Wildman–Crippen LogP) is 2.81. The maximum atomic E-state index is 12.7. The van der Waals surface area contributed by atoms with Crippen LogP contribution in [0.1, 0.15) is 43.5 Å². The van der Waals surface area contributed by atoms with Crippen molar-refractivity contribution in [2.24, 2.45) is 16.7 Å². The van der Waals surface area contributed by atoms with Crippen LogP contribution in [0.2, 0.25) is 0 Å². The Hall–Kier alpha value is -2.17. The Bertz CT molecular complexity index is 677. The molecule has 23 heavy (non-hydrogen) atoms. The summed E-state index contributed by atoms with van der Waals surface area (Å²) in [5, 5.41) is 2.84. The summed E-state index contributed by atoms with van der Waals surface area (Å²) in [4.78, 5) is 36.9. The van der Waals surface area contributed by atoms with Gasteiger partial charge in [0.15, 0.2) is 5.78 Å². The monoisotopic (exact) mass is 315 g/mol. The van der Waals surface area contributed by atoms with Crippen LogP contribution in [-0.4, -0.2) is 24.8 Å². The molecule has 1 amide bonds. The Morgan fingerprint density at radius 3 is 2.39 bits per heavy atom. The molecule has 1 N–H and O–H groups in total. The third-order valence-corrected chi connectivity index (χ3v) is 5.55. The highest BCUT2D eigenvalue weighted by molar-refractivity contribution is 6.15. The number of nitrogens with one attached hydrogen (secondary N) is 1. The van der Waals surface area contributed by atoms with E-state index in [1.54, 1.807) is 24.3 Å². The molecule has 0 saturated heterocycles. The average Bonchev–Trinajstić information content (AvgIpc) is 3.07. The van der Waals surface area contributed by atoms with Crippen molar-refractivity contribution in [3.8, 4) is 0 Å². The largest absolute Gasteiger partial charge is 0.465 e. The Morgan fingerprint density at radius 1 is 1.22 bits per heavy atom. The van der Waals surface area contributed by atoms with Gasteiger partial charge in [-0.25, -0.2) is 4.79 Å². The SMILES string of the molecule is COC(=O)c1ccc(NC(=O)C23CCC(C2)C(C)(C)C3=O)cc1. The van der Waals surface area contributed by atoms with Crippen LogP contribution in [0.3, 0.4) is 0 Å². The van der Waals surface area contributed by atoms with E-state index in [0.29, 0.717) is 30.0 Å². The molecule has 0 heterocycles. The standard InChI is InChI=1S/C18H21NO4/c1-17(2)12-8-9-18(10-12,15(17)21)16(22)19-13-6-4-11(5-7-13)14(20)23-3/h4-7,12H,8-10H2,1-3H3,(H,19,22). The van der Waals surface area contributed by atoms with Gasteiger partial charge in [-0.15, -0.1) is 0 Å². The lowest BCUT2D eigenvalue weighted by Crippen LogP contribution is -2.44. The van der Waals surface area contributed by atoms with E-state index in [9.17, 15) is 14.4 Å². The number of carbonyl (C=O) groups excluding carboxylic acids is 3. The number of ether oxygens (including phenoxy) is 1. The summed E-state index contributed by atoms with van der Waals surface area (Å²) in [6.07, 6.45) is 2.20. The zero-order chi connectivity index (χ0) is 16.8. The summed E-state index contributed by atoms with van der Waals surface area (Å²) in [7, 11) is 1.32. The normalized spacial score (nSPS) is 27.8. The second-order valence-electron chi connectivity index (χ2n) is 7.10. The van der Waals surface area contributed by atoms with E-state index < -0.39 is 16.8 Å². The van der Waals surface area contributed by atoms with Crippen molar-refractivity contribution in [1.29, 1.82) is 0 Å². The number of ketones is 1. The quantitative estimate of drug-likeness (QED) is 0.687. The van der Waals surface area contributed by atoms with E-state index in [2.05, 4.69) is 10.1 Å². The Labute approximate surface area is 135 Å². The van der Waals surface area contributed by atoms with Crippen molar-refractivity contribution in [3.05, 3.63) is 29.8 Å². The van der Waals surface area contributed by atoms with Crippen molar-refractivity contribution in [2.45, 2.75) is 33.1 Å².